The first-order valence-corrected chi connectivity index (χ1v) is 4.66. The average Bonchev–Trinajstić information content (AvgIpc) is 2.87. The number of imidazole rings is 1. The lowest BCUT2D eigenvalue weighted by Gasteiger charge is -2.06. The number of fused-ring (bicyclic) bond motifs is 1. The van der Waals surface area contributed by atoms with Crippen molar-refractivity contribution in [3.05, 3.63) is 24.7 Å². The third-order valence-corrected chi connectivity index (χ3v) is 2.36. The van der Waals surface area contributed by atoms with Crippen molar-refractivity contribution in [3.8, 4) is 11.3 Å². The molecule has 0 aliphatic heterocycles. The molecule has 5 N–H and O–H groups in total. The molecule has 16 heavy (non-hydrogen) atoms. The fourth-order valence-electron chi connectivity index (χ4n) is 1.66. The largest absolute Gasteiger partial charge is 0.395 e. The van der Waals surface area contributed by atoms with E-state index in [0.717, 1.165) is 0 Å². The Kier molecular flexibility index (Phi) is 1.61. The minimum Gasteiger partial charge on any atom is -0.395 e. The second-order valence-electron chi connectivity index (χ2n) is 3.33. The van der Waals surface area contributed by atoms with Crippen molar-refractivity contribution in [3.63, 3.8) is 0 Å². The Morgan fingerprint density at radius 3 is 2.94 bits per heavy atom. The van der Waals surface area contributed by atoms with Crippen LogP contribution in [0.4, 0.5) is 11.5 Å². The third kappa shape index (κ3) is 1.05. The summed E-state index contributed by atoms with van der Waals surface area (Å²) in [6.07, 6.45) is 5.01. The zero-order valence-corrected chi connectivity index (χ0v) is 8.25. The summed E-state index contributed by atoms with van der Waals surface area (Å²) in [6, 6.07) is 1.78. The highest BCUT2D eigenvalue weighted by molar-refractivity contribution is 5.89. The van der Waals surface area contributed by atoms with Crippen molar-refractivity contribution in [1.82, 2.24) is 24.8 Å². The second-order valence-corrected chi connectivity index (χ2v) is 3.33. The molecule has 0 spiro atoms. The quantitative estimate of drug-likeness (QED) is 0.540. The van der Waals surface area contributed by atoms with Gasteiger partial charge in [0.15, 0.2) is 11.5 Å². The summed E-state index contributed by atoms with van der Waals surface area (Å²) in [6.45, 7) is 0. The molecule has 0 atom stereocenters. The van der Waals surface area contributed by atoms with Crippen LogP contribution in [0.2, 0.25) is 0 Å². The third-order valence-electron chi connectivity index (χ3n) is 2.36. The van der Waals surface area contributed by atoms with Gasteiger partial charge >= 0.3 is 0 Å². The van der Waals surface area contributed by atoms with Gasteiger partial charge in [-0.3, -0.25) is 5.10 Å². The van der Waals surface area contributed by atoms with E-state index in [9.17, 15) is 0 Å². The molecule has 3 heterocycles. The van der Waals surface area contributed by atoms with Crippen molar-refractivity contribution < 1.29 is 0 Å². The summed E-state index contributed by atoms with van der Waals surface area (Å²) in [7, 11) is 0. The lowest BCUT2D eigenvalue weighted by atomic mass is 10.1. The standard InChI is InChI=1S/C9H9N7/c10-7-6(5-1-2-13-14-5)8(11)15-16-4-3-12-9(7)16/h1-4H,10H2,(H2,11,15)(H,13,14). The molecule has 3 rings (SSSR count). The maximum absolute atomic E-state index is 6.00. The summed E-state index contributed by atoms with van der Waals surface area (Å²) in [5.41, 5.74) is 14.2. The van der Waals surface area contributed by atoms with Gasteiger partial charge in [-0.05, 0) is 6.07 Å². The first-order valence-electron chi connectivity index (χ1n) is 4.66. The minimum atomic E-state index is 0.329. The molecular formula is C9H9N7. The maximum Gasteiger partial charge on any atom is 0.177 e. The van der Waals surface area contributed by atoms with Gasteiger partial charge < -0.3 is 11.5 Å². The van der Waals surface area contributed by atoms with E-state index in [4.69, 9.17) is 11.5 Å². The number of nitrogens with two attached hydrogens (primary N) is 2. The summed E-state index contributed by atoms with van der Waals surface area (Å²) in [4.78, 5) is 4.11. The number of aromatic amines is 1. The smallest absolute Gasteiger partial charge is 0.177 e. The monoisotopic (exact) mass is 215 g/mol. The molecule has 0 aliphatic carbocycles. The molecule has 0 saturated carbocycles. The number of nitrogens with zero attached hydrogens (tertiary/aromatic N) is 4. The van der Waals surface area contributed by atoms with Crippen molar-refractivity contribution in [2.75, 3.05) is 11.5 Å². The lowest BCUT2D eigenvalue weighted by molar-refractivity contribution is 0.947. The van der Waals surface area contributed by atoms with E-state index in [0.29, 0.717) is 28.4 Å². The Bertz CT molecular complexity index is 637. The van der Waals surface area contributed by atoms with E-state index in [2.05, 4.69) is 20.3 Å². The molecule has 3 aromatic rings. The minimum absolute atomic E-state index is 0.329. The Morgan fingerprint density at radius 1 is 1.31 bits per heavy atom. The first kappa shape index (κ1) is 8.72. The molecule has 0 fully saturated rings. The van der Waals surface area contributed by atoms with Crippen LogP contribution in [0.25, 0.3) is 16.9 Å². The molecule has 80 valence electrons. The van der Waals surface area contributed by atoms with E-state index < -0.39 is 0 Å². The first-order chi connectivity index (χ1) is 7.77. The van der Waals surface area contributed by atoms with Crippen LogP contribution in [0.3, 0.4) is 0 Å². The highest BCUT2D eigenvalue weighted by Crippen LogP contribution is 2.30. The fraction of sp³-hybridized carbons (Fsp3) is 0. The number of H-pyrrole nitrogens is 1. The number of anilines is 2. The van der Waals surface area contributed by atoms with Gasteiger partial charge in [0, 0.05) is 18.6 Å². The summed E-state index contributed by atoms with van der Waals surface area (Å²) in [5, 5.41) is 10.9. The van der Waals surface area contributed by atoms with Crippen molar-refractivity contribution >= 4 is 17.2 Å². The highest BCUT2D eigenvalue weighted by Gasteiger charge is 2.15. The van der Waals surface area contributed by atoms with Crippen LogP contribution in [0.15, 0.2) is 24.7 Å². The van der Waals surface area contributed by atoms with Crippen LogP contribution in [0.1, 0.15) is 0 Å². The highest BCUT2D eigenvalue weighted by atomic mass is 15.3. The molecular weight excluding hydrogens is 206 g/mol. The maximum atomic E-state index is 6.00. The van der Waals surface area contributed by atoms with Gasteiger partial charge in [-0.1, -0.05) is 0 Å². The van der Waals surface area contributed by atoms with Gasteiger partial charge in [0.2, 0.25) is 0 Å². The van der Waals surface area contributed by atoms with Crippen LogP contribution >= 0.6 is 0 Å². The Hall–Kier alpha value is -2.57. The molecule has 0 aliphatic rings. The van der Waals surface area contributed by atoms with Crippen molar-refractivity contribution in [2.24, 2.45) is 0 Å². The van der Waals surface area contributed by atoms with Crippen molar-refractivity contribution in [2.45, 2.75) is 0 Å². The van der Waals surface area contributed by atoms with Gasteiger partial charge in [-0.15, -0.1) is 5.10 Å². The number of aromatic nitrogens is 5. The second kappa shape index (κ2) is 2.96. The topological polar surface area (TPSA) is 111 Å². The van der Waals surface area contributed by atoms with E-state index >= 15 is 0 Å². The van der Waals surface area contributed by atoms with Crippen LogP contribution in [0, 0.1) is 0 Å². The summed E-state index contributed by atoms with van der Waals surface area (Å²) >= 11 is 0. The van der Waals surface area contributed by atoms with Crippen LogP contribution in [-0.2, 0) is 0 Å². The zero-order valence-electron chi connectivity index (χ0n) is 8.25. The van der Waals surface area contributed by atoms with Gasteiger partial charge in [-0.2, -0.15) is 5.10 Å². The van der Waals surface area contributed by atoms with Gasteiger partial charge in [0.05, 0.1) is 16.9 Å². The number of hydrogen-bond acceptors (Lipinski definition) is 5. The van der Waals surface area contributed by atoms with Gasteiger partial charge in [-0.25, -0.2) is 9.50 Å². The number of hydrogen-bond donors (Lipinski definition) is 3. The molecule has 3 aromatic heterocycles. The summed E-state index contributed by atoms with van der Waals surface area (Å²) < 4.78 is 1.54. The number of rotatable bonds is 1. The molecule has 0 unspecified atom stereocenters. The van der Waals surface area contributed by atoms with Gasteiger partial charge in [0.1, 0.15) is 0 Å². The number of nitrogen functional groups attached to an aromatic ring is 2. The Morgan fingerprint density at radius 2 is 2.19 bits per heavy atom. The molecule has 0 radical (unpaired) electrons. The Labute approximate surface area is 90.1 Å². The Balaban J connectivity index is 2.39. The van der Waals surface area contributed by atoms with E-state index in [1.54, 1.807) is 29.2 Å². The molecule has 7 nitrogen and oxygen atoms in total. The average molecular weight is 215 g/mol. The predicted molar refractivity (Wildman–Crippen MR) is 59.4 cm³/mol. The van der Waals surface area contributed by atoms with Crippen LogP contribution in [-0.4, -0.2) is 24.8 Å². The van der Waals surface area contributed by atoms with E-state index in [-0.39, 0.29) is 0 Å². The molecule has 0 aromatic carbocycles. The van der Waals surface area contributed by atoms with Crippen molar-refractivity contribution in [1.29, 1.82) is 0 Å². The molecule has 0 amide bonds. The zero-order chi connectivity index (χ0) is 11.1. The predicted octanol–water partition coefficient (Wildman–Crippen LogP) is 0.284. The van der Waals surface area contributed by atoms with Gasteiger partial charge in [0.25, 0.3) is 0 Å². The van der Waals surface area contributed by atoms with E-state index in [1.807, 2.05) is 0 Å². The lowest BCUT2D eigenvalue weighted by Crippen LogP contribution is -2.05. The van der Waals surface area contributed by atoms with Crippen LogP contribution < -0.4 is 11.5 Å². The summed E-state index contributed by atoms with van der Waals surface area (Å²) in [5.74, 6) is 0.329. The normalized spacial score (nSPS) is 11.0. The molecule has 0 bridgehead atoms. The van der Waals surface area contributed by atoms with E-state index in [1.165, 1.54) is 0 Å². The fourth-order valence-corrected chi connectivity index (χ4v) is 1.66. The number of nitrogens with one attached hydrogen (secondary N) is 1. The van der Waals surface area contributed by atoms with Crippen LogP contribution in [0.5, 0.6) is 0 Å². The molecule has 0 saturated heterocycles. The molecule has 7 heteroatoms. The SMILES string of the molecule is Nc1nn2ccnc2c(N)c1-c1cc[nH]n1.